The van der Waals surface area contributed by atoms with Crippen molar-refractivity contribution >= 4 is 37.8 Å². The second kappa shape index (κ2) is 5.78. The third-order valence-electron chi connectivity index (χ3n) is 2.94. The van der Waals surface area contributed by atoms with Gasteiger partial charge in [-0.05, 0) is 24.3 Å². The number of rotatable bonds is 4. The number of benzene rings is 2. The number of sulfone groups is 1. The van der Waals surface area contributed by atoms with Crippen molar-refractivity contribution in [3.8, 4) is 0 Å². The number of thiazole rings is 1. The van der Waals surface area contributed by atoms with Crippen molar-refractivity contribution in [2.24, 2.45) is 0 Å². The van der Waals surface area contributed by atoms with E-state index in [1.165, 1.54) is 0 Å². The summed E-state index contributed by atoms with van der Waals surface area (Å²) in [5, 5.41) is 3.49. The van der Waals surface area contributed by atoms with E-state index in [0.29, 0.717) is 5.13 Å². The van der Waals surface area contributed by atoms with E-state index in [1.807, 2.05) is 30.3 Å². The number of hydrogen-bond acceptors (Lipinski definition) is 6. The van der Waals surface area contributed by atoms with Gasteiger partial charge in [0.05, 0.1) is 4.90 Å². The van der Waals surface area contributed by atoms with Crippen LogP contribution in [0.2, 0.25) is 0 Å². The Balaban J connectivity index is 1.96. The van der Waals surface area contributed by atoms with Gasteiger partial charge < -0.3 is 11.1 Å². The number of nitrogen functional groups attached to an aromatic ring is 1. The number of hydrogen-bond donors (Lipinski definition) is 2. The lowest BCUT2D eigenvalue weighted by atomic mass is 10.3. The van der Waals surface area contributed by atoms with Crippen molar-refractivity contribution < 1.29 is 8.42 Å². The molecule has 0 fully saturated rings. The highest BCUT2D eigenvalue weighted by molar-refractivity contribution is 7.93. The van der Waals surface area contributed by atoms with Gasteiger partial charge in [-0.2, -0.15) is 0 Å². The molecule has 5 nitrogen and oxygen atoms in total. The monoisotopic (exact) mass is 331 g/mol. The first-order valence-electron chi connectivity index (χ1n) is 6.46. The van der Waals surface area contributed by atoms with Crippen LogP contribution in [0.4, 0.5) is 16.6 Å². The van der Waals surface area contributed by atoms with Crippen LogP contribution in [0, 0.1) is 0 Å². The summed E-state index contributed by atoms with van der Waals surface area (Å²) < 4.78 is 25.2. The number of nitrogens with zero attached hydrogens (tertiary/aromatic N) is 1. The lowest BCUT2D eigenvalue weighted by Crippen LogP contribution is -2.02. The fourth-order valence-electron chi connectivity index (χ4n) is 1.92. The van der Waals surface area contributed by atoms with Crippen LogP contribution >= 0.6 is 11.3 Å². The molecule has 0 saturated carbocycles. The molecule has 22 heavy (non-hydrogen) atoms. The summed E-state index contributed by atoms with van der Waals surface area (Å²) in [5.74, 6) is 0.00674. The molecule has 0 aliphatic carbocycles. The molecular formula is C15H13N3O2S2. The van der Waals surface area contributed by atoms with Crippen LogP contribution in [0.1, 0.15) is 0 Å². The van der Waals surface area contributed by atoms with Crippen molar-refractivity contribution in [2.75, 3.05) is 11.1 Å². The highest BCUT2D eigenvalue weighted by Crippen LogP contribution is 2.34. The van der Waals surface area contributed by atoms with Crippen molar-refractivity contribution in [2.45, 2.75) is 9.10 Å². The Morgan fingerprint density at radius 1 is 0.955 bits per heavy atom. The van der Waals surface area contributed by atoms with E-state index >= 15 is 0 Å². The van der Waals surface area contributed by atoms with Gasteiger partial charge in [0.15, 0.2) is 15.2 Å². The fraction of sp³-hybridized carbons (Fsp3) is 0. The van der Waals surface area contributed by atoms with Crippen LogP contribution in [0.15, 0.2) is 69.8 Å². The Morgan fingerprint density at radius 3 is 2.18 bits per heavy atom. The maximum absolute atomic E-state index is 12.6. The molecule has 0 aliphatic rings. The average molecular weight is 331 g/mol. The molecule has 7 heteroatoms. The number of aromatic nitrogens is 1. The molecule has 2 aromatic carbocycles. The second-order valence-corrected chi connectivity index (χ2v) is 7.64. The minimum atomic E-state index is -3.65. The van der Waals surface area contributed by atoms with E-state index in [9.17, 15) is 8.42 Å². The van der Waals surface area contributed by atoms with Crippen molar-refractivity contribution in [1.82, 2.24) is 4.98 Å². The van der Waals surface area contributed by atoms with Crippen LogP contribution < -0.4 is 11.1 Å². The van der Waals surface area contributed by atoms with Crippen LogP contribution in [-0.4, -0.2) is 13.4 Å². The zero-order chi connectivity index (χ0) is 15.6. The highest BCUT2D eigenvalue weighted by atomic mass is 32.2. The summed E-state index contributed by atoms with van der Waals surface area (Å²) in [6.07, 6.45) is 0. The second-order valence-electron chi connectivity index (χ2n) is 4.50. The zero-order valence-electron chi connectivity index (χ0n) is 11.4. The Hall–Kier alpha value is -2.38. The van der Waals surface area contributed by atoms with Crippen molar-refractivity contribution in [3.63, 3.8) is 0 Å². The Morgan fingerprint density at radius 2 is 1.55 bits per heavy atom. The summed E-state index contributed by atoms with van der Waals surface area (Å²) in [7, 11) is -3.65. The van der Waals surface area contributed by atoms with Gasteiger partial charge in [-0.15, -0.1) is 0 Å². The summed E-state index contributed by atoms with van der Waals surface area (Å²) in [6.45, 7) is 0. The third-order valence-corrected chi connectivity index (χ3v) is 6.22. The molecule has 0 unspecified atom stereocenters. The van der Waals surface area contributed by atoms with Gasteiger partial charge in [0, 0.05) is 5.69 Å². The standard InChI is InChI=1S/C15H13N3O2S2/c16-13-14(22(19,20)12-9-5-2-6-10-12)21-15(18-13)17-11-7-3-1-4-8-11/h1-10H,16H2,(H,17,18). The maximum Gasteiger partial charge on any atom is 0.219 e. The summed E-state index contributed by atoms with van der Waals surface area (Å²) in [6, 6.07) is 17.6. The molecule has 1 heterocycles. The minimum absolute atomic E-state index is 0.00674. The Bertz CT molecular complexity index is 876. The lowest BCUT2D eigenvalue weighted by molar-refractivity contribution is 0.598. The van der Waals surface area contributed by atoms with Crippen LogP contribution in [-0.2, 0) is 9.84 Å². The molecule has 0 radical (unpaired) electrons. The predicted octanol–water partition coefficient (Wildman–Crippen LogP) is 3.30. The molecule has 0 aliphatic heterocycles. The van der Waals surface area contributed by atoms with Gasteiger partial charge >= 0.3 is 0 Å². The van der Waals surface area contributed by atoms with E-state index in [0.717, 1.165) is 17.0 Å². The SMILES string of the molecule is Nc1nc(Nc2ccccc2)sc1S(=O)(=O)c1ccccc1. The van der Waals surface area contributed by atoms with E-state index in [1.54, 1.807) is 30.3 Å². The number of nitrogens with two attached hydrogens (primary N) is 1. The number of anilines is 3. The normalized spacial score (nSPS) is 11.3. The lowest BCUT2D eigenvalue weighted by Gasteiger charge is -2.01. The average Bonchev–Trinajstić information content (AvgIpc) is 2.90. The largest absolute Gasteiger partial charge is 0.382 e. The van der Waals surface area contributed by atoms with E-state index in [-0.39, 0.29) is 14.9 Å². The molecule has 3 rings (SSSR count). The zero-order valence-corrected chi connectivity index (χ0v) is 13.1. The molecular weight excluding hydrogens is 318 g/mol. The molecule has 0 atom stereocenters. The number of nitrogens with one attached hydrogen (secondary N) is 1. The van der Waals surface area contributed by atoms with Crippen molar-refractivity contribution in [3.05, 3.63) is 60.7 Å². The van der Waals surface area contributed by atoms with Gasteiger partial charge in [-0.3, -0.25) is 0 Å². The van der Waals surface area contributed by atoms with Gasteiger partial charge in [0.1, 0.15) is 0 Å². The van der Waals surface area contributed by atoms with Gasteiger partial charge in [0.2, 0.25) is 9.84 Å². The minimum Gasteiger partial charge on any atom is -0.382 e. The molecule has 112 valence electrons. The van der Waals surface area contributed by atoms with Crippen LogP contribution in [0.5, 0.6) is 0 Å². The van der Waals surface area contributed by atoms with Crippen LogP contribution in [0.25, 0.3) is 0 Å². The van der Waals surface area contributed by atoms with Crippen molar-refractivity contribution in [1.29, 1.82) is 0 Å². The molecule has 0 spiro atoms. The quantitative estimate of drug-likeness (QED) is 0.766. The number of para-hydroxylation sites is 1. The first-order valence-corrected chi connectivity index (χ1v) is 8.76. The predicted molar refractivity (Wildman–Crippen MR) is 88.1 cm³/mol. The molecule has 3 aromatic rings. The molecule has 0 bridgehead atoms. The van der Waals surface area contributed by atoms with E-state index in [4.69, 9.17) is 5.73 Å². The first kappa shape index (κ1) is 14.6. The third kappa shape index (κ3) is 2.81. The molecule has 3 N–H and O–H groups in total. The smallest absolute Gasteiger partial charge is 0.219 e. The summed E-state index contributed by atoms with van der Waals surface area (Å²) in [4.78, 5) is 4.31. The molecule has 0 amide bonds. The Kier molecular flexibility index (Phi) is 3.82. The molecule has 1 aromatic heterocycles. The van der Waals surface area contributed by atoms with Gasteiger partial charge in [-0.25, -0.2) is 13.4 Å². The van der Waals surface area contributed by atoms with Crippen LogP contribution in [0.3, 0.4) is 0 Å². The Labute approximate surface area is 132 Å². The topological polar surface area (TPSA) is 85.1 Å². The van der Waals surface area contributed by atoms with E-state index in [2.05, 4.69) is 10.3 Å². The summed E-state index contributed by atoms with van der Waals surface area (Å²) >= 11 is 1.02. The fourth-order valence-corrected chi connectivity index (χ4v) is 4.57. The highest BCUT2D eigenvalue weighted by Gasteiger charge is 2.24. The first-order chi connectivity index (χ1) is 10.6. The van der Waals surface area contributed by atoms with Gasteiger partial charge in [-0.1, -0.05) is 47.7 Å². The van der Waals surface area contributed by atoms with Gasteiger partial charge in [0.25, 0.3) is 0 Å². The summed E-state index contributed by atoms with van der Waals surface area (Å²) in [5.41, 5.74) is 6.62. The van der Waals surface area contributed by atoms with E-state index < -0.39 is 9.84 Å². The molecule has 0 saturated heterocycles. The maximum atomic E-state index is 12.6.